The smallest absolute Gasteiger partial charge is 0.210 e. The molecule has 3 heteroatoms. The van der Waals surface area contributed by atoms with Gasteiger partial charge in [-0.3, -0.25) is 9.59 Å². The number of carbonyl (C=O) groups excluding carboxylic acids is 2. The van der Waals surface area contributed by atoms with Crippen LogP contribution in [-0.4, -0.2) is 29.2 Å². The molecule has 1 aliphatic heterocycles. The van der Waals surface area contributed by atoms with Gasteiger partial charge in [-0.05, 0) is 56.8 Å². The number of carbonyl (C=O) groups is 2. The maximum Gasteiger partial charge on any atom is 0.210 e. The zero-order chi connectivity index (χ0) is 16.7. The fourth-order valence-corrected chi connectivity index (χ4v) is 6.22. The predicted molar refractivity (Wildman–Crippen MR) is 92.0 cm³/mol. The van der Waals surface area contributed by atoms with Gasteiger partial charge >= 0.3 is 0 Å². The van der Waals surface area contributed by atoms with Crippen molar-refractivity contribution in [1.82, 2.24) is 4.90 Å². The molecule has 0 aromatic rings. The molecule has 0 radical (unpaired) electrons. The second kappa shape index (κ2) is 6.22. The van der Waals surface area contributed by atoms with Gasteiger partial charge in [0, 0.05) is 23.9 Å². The van der Waals surface area contributed by atoms with E-state index in [0.29, 0.717) is 23.5 Å². The van der Waals surface area contributed by atoms with E-state index in [2.05, 4.69) is 25.7 Å². The van der Waals surface area contributed by atoms with Crippen molar-refractivity contribution < 1.29 is 9.59 Å². The topological polar surface area (TPSA) is 37.4 Å². The Morgan fingerprint density at radius 3 is 2.65 bits per heavy atom. The first kappa shape index (κ1) is 17.0. The molecule has 23 heavy (non-hydrogen) atoms. The molecule has 0 aromatic heterocycles. The van der Waals surface area contributed by atoms with Gasteiger partial charge in [0.25, 0.3) is 0 Å². The number of Topliss-reactive ketones (excluding diaryl/α,β-unsaturated/α-hetero) is 1. The van der Waals surface area contributed by atoms with Crippen LogP contribution in [0.25, 0.3) is 0 Å². The highest BCUT2D eigenvalue weighted by atomic mass is 16.1. The summed E-state index contributed by atoms with van der Waals surface area (Å²) < 4.78 is 0. The standard InChI is InChI=1S/C20H33NO2/c1-4-5-6-11-20(3)17-9-12-19(2)16(7-8-18(19)23)15(17)10-13-21(20)14-22/h14-17H,4-13H2,1-3H3. The van der Waals surface area contributed by atoms with E-state index in [1.54, 1.807) is 0 Å². The van der Waals surface area contributed by atoms with Crippen LogP contribution in [-0.2, 0) is 9.59 Å². The van der Waals surface area contributed by atoms with E-state index >= 15 is 0 Å². The minimum Gasteiger partial charge on any atom is -0.340 e. The van der Waals surface area contributed by atoms with E-state index in [0.717, 1.165) is 51.5 Å². The summed E-state index contributed by atoms with van der Waals surface area (Å²) >= 11 is 0. The first-order valence-corrected chi connectivity index (χ1v) is 9.72. The predicted octanol–water partition coefficient (Wildman–Crippen LogP) is 4.20. The SMILES string of the molecule is CCCCCC1(C)C2CCC3(C)C(=O)CCC3C2CCN1C=O. The van der Waals surface area contributed by atoms with Gasteiger partial charge in [-0.25, -0.2) is 0 Å². The van der Waals surface area contributed by atoms with E-state index in [9.17, 15) is 9.59 Å². The van der Waals surface area contributed by atoms with Crippen molar-refractivity contribution in [2.45, 2.75) is 84.1 Å². The number of likely N-dealkylation sites (tertiary alicyclic amines) is 1. The Morgan fingerprint density at radius 1 is 1.17 bits per heavy atom. The molecule has 2 saturated carbocycles. The van der Waals surface area contributed by atoms with Gasteiger partial charge in [-0.2, -0.15) is 0 Å². The van der Waals surface area contributed by atoms with Crippen LogP contribution >= 0.6 is 0 Å². The molecular formula is C20H33NO2. The maximum atomic E-state index is 12.4. The molecule has 3 fully saturated rings. The van der Waals surface area contributed by atoms with Gasteiger partial charge in [0.2, 0.25) is 6.41 Å². The molecule has 2 aliphatic carbocycles. The Morgan fingerprint density at radius 2 is 1.96 bits per heavy atom. The van der Waals surface area contributed by atoms with Crippen molar-refractivity contribution in [2.24, 2.45) is 23.2 Å². The van der Waals surface area contributed by atoms with E-state index < -0.39 is 0 Å². The van der Waals surface area contributed by atoms with Crippen molar-refractivity contribution in [3.8, 4) is 0 Å². The molecule has 0 N–H and O–H groups in total. The molecule has 3 nitrogen and oxygen atoms in total. The molecule has 0 spiro atoms. The van der Waals surface area contributed by atoms with Gasteiger partial charge in [0.05, 0.1) is 0 Å². The van der Waals surface area contributed by atoms with Crippen molar-refractivity contribution in [3.05, 3.63) is 0 Å². The summed E-state index contributed by atoms with van der Waals surface area (Å²) in [4.78, 5) is 26.2. The second-order valence-electron chi connectivity index (χ2n) is 8.70. The molecule has 1 saturated heterocycles. The molecule has 5 unspecified atom stereocenters. The summed E-state index contributed by atoms with van der Waals surface area (Å²) in [6, 6.07) is 0. The van der Waals surface area contributed by atoms with Crippen molar-refractivity contribution >= 4 is 12.2 Å². The fraction of sp³-hybridized carbons (Fsp3) is 0.900. The molecular weight excluding hydrogens is 286 g/mol. The number of hydrogen-bond acceptors (Lipinski definition) is 2. The number of ketones is 1. The Bertz CT molecular complexity index is 476. The largest absolute Gasteiger partial charge is 0.340 e. The van der Waals surface area contributed by atoms with Crippen LogP contribution in [0.5, 0.6) is 0 Å². The summed E-state index contributed by atoms with van der Waals surface area (Å²) in [5.41, 5.74) is -0.0539. The molecule has 0 bridgehead atoms. The average molecular weight is 319 g/mol. The Labute approximate surface area is 141 Å². The van der Waals surface area contributed by atoms with Crippen LogP contribution in [0.4, 0.5) is 0 Å². The van der Waals surface area contributed by atoms with Gasteiger partial charge in [0.1, 0.15) is 5.78 Å². The summed E-state index contributed by atoms with van der Waals surface area (Å²) in [6.07, 6.45) is 11.0. The van der Waals surface area contributed by atoms with E-state index in [-0.39, 0.29) is 11.0 Å². The number of nitrogens with zero attached hydrogens (tertiary/aromatic N) is 1. The molecule has 3 rings (SSSR count). The van der Waals surface area contributed by atoms with E-state index in [4.69, 9.17) is 0 Å². The highest BCUT2D eigenvalue weighted by Gasteiger charge is 2.58. The van der Waals surface area contributed by atoms with Gasteiger partial charge in [-0.15, -0.1) is 0 Å². The molecule has 3 aliphatic rings. The first-order valence-electron chi connectivity index (χ1n) is 9.72. The quantitative estimate of drug-likeness (QED) is 0.562. The lowest BCUT2D eigenvalue weighted by Crippen LogP contribution is -2.61. The highest BCUT2D eigenvalue weighted by Crippen LogP contribution is 2.59. The van der Waals surface area contributed by atoms with Crippen LogP contribution in [0.15, 0.2) is 0 Å². The second-order valence-corrected chi connectivity index (χ2v) is 8.70. The minimum absolute atomic E-state index is 0.00675. The summed E-state index contributed by atoms with van der Waals surface area (Å²) in [5, 5.41) is 0. The van der Waals surface area contributed by atoms with Crippen LogP contribution in [0.3, 0.4) is 0 Å². The van der Waals surface area contributed by atoms with Gasteiger partial charge < -0.3 is 4.90 Å². The lowest BCUT2D eigenvalue weighted by molar-refractivity contribution is -0.146. The minimum atomic E-state index is -0.0607. The normalized spacial score (nSPS) is 43.2. The van der Waals surface area contributed by atoms with Crippen molar-refractivity contribution in [3.63, 3.8) is 0 Å². The Hall–Kier alpha value is -0.860. The number of unbranched alkanes of at least 4 members (excludes halogenated alkanes) is 2. The van der Waals surface area contributed by atoms with Crippen molar-refractivity contribution in [1.29, 1.82) is 0 Å². The number of piperidine rings is 1. The summed E-state index contributed by atoms with van der Waals surface area (Å²) in [7, 11) is 0. The van der Waals surface area contributed by atoms with Crippen LogP contribution in [0.2, 0.25) is 0 Å². The highest BCUT2D eigenvalue weighted by molar-refractivity contribution is 5.87. The molecule has 1 amide bonds. The lowest BCUT2D eigenvalue weighted by atomic mass is 9.53. The van der Waals surface area contributed by atoms with Crippen LogP contribution in [0.1, 0.15) is 78.6 Å². The molecule has 5 atom stereocenters. The molecule has 130 valence electrons. The van der Waals surface area contributed by atoms with E-state index in [1.807, 2.05) is 0 Å². The van der Waals surface area contributed by atoms with E-state index in [1.165, 1.54) is 19.3 Å². The Kier molecular flexibility index (Phi) is 4.59. The molecule has 0 aromatic carbocycles. The third-order valence-corrected chi connectivity index (χ3v) is 7.72. The third-order valence-electron chi connectivity index (χ3n) is 7.72. The third kappa shape index (κ3) is 2.55. The summed E-state index contributed by atoms with van der Waals surface area (Å²) in [6.45, 7) is 7.67. The number of amides is 1. The first-order chi connectivity index (χ1) is 11.0. The fourth-order valence-electron chi connectivity index (χ4n) is 6.22. The monoisotopic (exact) mass is 319 g/mol. The van der Waals surface area contributed by atoms with Gasteiger partial charge in [-0.1, -0.05) is 33.1 Å². The average Bonchev–Trinajstić information content (AvgIpc) is 2.84. The van der Waals surface area contributed by atoms with Crippen LogP contribution in [0, 0.1) is 23.2 Å². The molecule has 1 heterocycles. The zero-order valence-corrected chi connectivity index (χ0v) is 15.1. The van der Waals surface area contributed by atoms with Crippen molar-refractivity contribution in [2.75, 3.05) is 6.54 Å². The Balaban J connectivity index is 1.85. The lowest BCUT2D eigenvalue weighted by Gasteiger charge is -2.58. The maximum absolute atomic E-state index is 12.4. The number of rotatable bonds is 5. The summed E-state index contributed by atoms with van der Waals surface area (Å²) in [5.74, 6) is 2.30. The zero-order valence-electron chi connectivity index (χ0n) is 15.1. The van der Waals surface area contributed by atoms with Gasteiger partial charge in [0.15, 0.2) is 0 Å². The number of hydrogen-bond donors (Lipinski definition) is 0. The van der Waals surface area contributed by atoms with Crippen LogP contribution < -0.4 is 0 Å². The number of fused-ring (bicyclic) bond motifs is 3.